The Hall–Kier alpha value is -2.22. The molecule has 0 saturated carbocycles. The normalized spacial score (nSPS) is 14.9. The fraction of sp³-hybridized carbons (Fsp3) is 0.385. The number of amides is 1. The molecule has 0 spiro atoms. The minimum Gasteiger partial charge on any atom is -0.478 e. The minimum absolute atomic E-state index is 0.394. The molecular formula is C13H13F2NO5. The maximum Gasteiger partial charge on any atom is 0.335 e. The van der Waals surface area contributed by atoms with Gasteiger partial charge < -0.3 is 19.5 Å². The Bertz CT molecular complexity index is 534. The first kappa shape index (κ1) is 15.2. The number of carboxylic acids is 1. The van der Waals surface area contributed by atoms with Gasteiger partial charge in [0, 0.05) is 13.1 Å². The lowest BCUT2D eigenvalue weighted by Gasteiger charge is -2.26. The summed E-state index contributed by atoms with van der Waals surface area (Å²) in [6, 6.07) is 1.28. The molecule has 1 fully saturated rings. The van der Waals surface area contributed by atoms with Gasteiger partial charge in [0.25, 0.3) is 5.91 Å². The van der Waals surface area contributed by atoms with Gasteiger partial charge in [0.2, 0.25) is 0 Å². The van der Waals surface area contributed by atoms with Gasteiger partial charge in [0.15, 0.2) is 24.0 Å². The zero-order valence-electron chi connectivity index (χ0n) is 11.0. The molecule has 1 saturated heterocycles. The summed E-state index contributed by atoms with van der Waals surface area (Å²) in [4.78, 5) is 23.9. The molecule has 0 aromatic heterocycles. The average molecular weight is 301 g/mol. The molecule has 1 aliphatic rings. The molecule has 21 heavy (non-hydrogen) atoms. The number of carbonyl (C=O) groups is 2. The van der Waals surface area contributed by atoms with Crippen molar-refractivity contribution in [3.63, 3.8) is 0 Å². The molecule has 8 heteroatoms. The van der Waals surface area contributed by atoms with E-state index in [9.17, 15) is 18.4 Å². The van der Waals surface area contributed by atoms with Crippen LogP contribution in [0, 0.1) is 11.6 Å². The summed E-state index contributed by atoms with van der Waals surface area (Å²) in [5.74, 6) is -4.96. The number of hydrogen-bond acceptors (Lipinski definition) is 4. The fourth-order valence-corrected chi connectivity index (χ4v) is 1.86. The fourth-order valence-electron chi connectivity index (χ4n) is 1.86. The first-order chi connectivity index (χ1) is 9.99. The molecule has 0 atom stereocenters. The van der Waals surface area contributed by atoms with E-state index in [4.69, 9.17) is 14.6 Å². The summed E-state index contributed by atoms with van der Waals surface area (Å²) in [7, 11) is 0. The minimum atomic E-state index is -1.45. The highest BCUT2D eigenvalue weighted by Crippen LogP contribution is 2.23. The zero-order chi connectivity index (χ0) is 15.4. The predicted octanol–water partition coefficient (Wildman–Crippen LogP) is 0.901. The van der Waals surface area contributed by atoms with Gasteiger partial charge in [-0.25, -0.2) is 13.6 Å². The number of nitrogens with zero attached hydrogens (tertiary/aromatic N) is 1. The van der Waals surface area contributed by atoms with Gasteiger partial charge in [-0.15, -0.1) is 0 Å². The molecule has 1 aliphatic heterocycles. The van der Waals surface area contributed by atoms with E-state index in [0.717, 1.165) is 0 Å². The van der Waals surface area contributed by atoms with Crippen molar-refractivity contribution in [2.24, 2.45) is 0 Å². The molecule has 1 amide bonds. The Morgan fingerprint density at radius 3 is 2.33 bits per heavy atom. The van der Waals surface area contributed by atoms with Crippen LogP contribution in [0.5, 0.6) is 5.75 Å². The van der Waals surface area contributed by atoms with Crippen molar-refractivity contribution in [2.75, 3.05) is 32.9 Å². The number of carboxylic acid groups (broad SMARTS) is 1. The second kappa shape index (κ2) is 6.49. The number of hydrogen-bond donors (Lipinski definition) is 1. The van der Waals surface area contributed by atoms with E-state index in [2.05, 4.69) is 0 Å². The molecule has 1 heterocycles. The Morgan fingerprint density at radius 2 is 1.81 bits per heavy atom. The molecule has 1 N–H and O–H groups in total. The summed E-state index contributed by atoms with van der Waals surface area (Å²) in [5, 5.41) is 8.67. The van der Waals surface area contributed by atoms with Crippen LogP contribution in [0.2, 0.25) is 0 Å². The van der Waals surface area contributed by atoms with E-state index in [1.54, 1.807) is 0 Å². The van der Waals surface area contributed by atoms with Crippen molar-refractivity contribution in [3.05, 3.63) is 29.3 Å². The Labute approximate surface area is 118 Å². The molecule has 1 aromatic rings. The van der Waals surface area contributed by atoms with Crippen LogP contribution in [-0.4, -0.2) is 54.8 Å². The molecule has 0 bridgehead atoms. The lowest BCUT2D eigenvalue weighted by molar-refractivity contribution is -0.137. The van der Waals surface area contributed by atoms with Crippen molar-refractivity contribution in [3.8, 4) is 5.75 Å². The van der Waals surface area contributed by atoms with Crippen molar-refractivity contribution >= 4 is 11.9 Å². The Balaban J connectivity index is 2.02. The van der Waals surface area contributed by atoms with Gasteiger partial charge in [-0.1, -0.05) is 0 Å². The molecular weight excluding hydrogens is 288 g/mol. The quantitative estimate of drug-likeness (QED) is 0.894. The Kier molecular flexibility index (Phi) is 4.69. The Morgan fingerprint density at radius 1 is 1.24 bits per heavy atom. The third kappa shape index (κ3) is 3.66. The summed E-state index contributed by atoms with van der Waals surface area (Å²) in [6.07, 6.45) is 0. The topological polar surface area (TPSA) is 76.1 Å². The van der Waals surface area contributed by atoms with E-state index < -0.39 is 41.4 Å². The van der Waals surface area contributed by atoms with E-state index >= 15 is 0 Å². The summed E-state index contributed by atoms with van der Waals surface area (Å²) in [5.41, 5.74) is -0.531. The van der Waals surface area contributed by atoms with Crippen LogP contribution in [-0.2, 0) is 9.53 Å². The SMILES string of the molecule is O=C(O)c1cc(F)c(OCC(=O)N2CCOCC2)c(F)c1. The molecule has 0 aliphatic carbocycles. The average Bonchev–Trinajstić information content (AvgIpc) is 2.46. The lowest BCUT2D eigenvalue weighted by atomic mass is 10.2. The van der Waals surface area contributed by atoms with Gasteiger partial charge in [-0.2, -0.15) is 0 Å². The molecule has 1 aromatic carbocycles. The number of benzene rings is 1. The van der Waals surface area contributed by atoms with E-state index in [-0.39, 0.29) is 0 Å². The number of carbonyl (C=O) groups excluding carboxylic acids is 1. The third-order valence-electron chi connectivity index (χ3n) is 2.95. The van der Waals surface area contributed by atoms with Crippen LogP contribution in [0.4, 0.5) is 8.78 Å². The van der Waals surface area contributed by atoms with Gasteiger partial charge in [0.05, 0.1) is 18.8 Å². The standard InChI is InChI=1S/C13H13F2NO5/c14-9-5-8(13(18)19)6-10(15)12(9)21-7-11(17)16-1-3-20-4-2-16/h5-6H,1-4,7H2,(H,18,19). The second-order valence-electron chi connectivity index (χ2n) is 4.36. The highest BCUT2D eigenvalue weighted by molar-refractivity contribution is 5.87. The van der Waals surface area contributed by atoms with E-state index in [1.807, 2.05) is 0 Å². The largest absolute Gasteiger partial charge is 0.478 e. The third-order valence-corrected chi connectivity index (χ3v) is 2.95. The molecule has 114 valence electrons. The van der Waals surface area contributed by atoms with Crippen LogP contribution in [0.3, 0.4) is 0 Å². The van der Waals surface area contributed by atoms with Crippen LogP contribution < -0.4 is 4.74 Å². The molecule has 6 nitrogen and oxygen atoms in total. The summed E-state index contributed by atoms with van der Waals surface area (Å²) < 4.78 is 37.1. The lowest BCUT2D eigenvalue weighted by Crippen LogP contribution is -2.43. The van der Waals surface area contributed by atoms with Gasteiger partial charge in [-0.05, 0) is 12.1 Å². The first-order valence-electron chi connectivity index (χ1n) is 6.19. The number of ether oxygens (including phenoxy) is 2. The number of aromatic carboxylic acids is 1. The molecule has 2 rings (SSSR count). The number of morpholine rings is 1. The van der Waals surface area contributed by atoms with Crippen molar-refractivity contribution in [1.82, 2.24) is 4.90 Å². The highest BCUT2D eigenvalue weighted by Gasteiger charge is 2.20. The van der Waals surface area contributed by atoms with Crippen LogP contribution in [0.25, 0.3) is 0 Å². The maximum absolute atomic E-state index is 13.6. The van der Waals surface area contributed by atoms with Crippen molar-refractivity contribution < 1.29 is 33.0 Å². The van der Waals surface area contributed by atoms with Crippen molar-refractivity contribution in [1.29, 1.82) is 0 Å². The zero-order valence-corrected chi connectivity index (χ0v) is 11.0. The van der Waals surface area contributed by atoms with Crippen molar-refractivity contribution in [2.45, 2.75) is 0 Å². The van der Waals surface area contributed by atoms with Crippen LogP contribution in [0.15, 0.2) is 12.1 Å². The van der Waals surface area contributed by atoms with Gasteiger partial charge in [-0.3, -0.25) is 4.79 Å². The van der Waals surface area contributed by atoms with E-state index in [0.29, 0.717) is 38.4 Å². The van der Waals surface area contributed by atoms with Crippen LogP contribution >= 0.6 is 0 Å². The smallest absolute Gasteiger partial charge is 0.335 e. The molecule has 0 unspecified atom stereocenters. The maximum atomic E-state index is 13.6. The predicted molar refractivity (Wildman–Crippen MR) is 66.2 cm³/mol. The van der Waals surface area contributed by atoms with Gasteiger partial charge in [0.1, 0.15) is 0 Å². The van der Waals surface area contributed by atoms with Crippen LogP contribution in [0.1, 0.15) is 10.4 Å². The van der Waals surface area contributed by atoms with Gasteiger partial charge >= 0.3 is 5.97 Å². The highest BCUT2D eigenvalue weighted by atomic mass is 19.1. The summed E-state index contributed by atoms with van der Waals surface area (Å²) >= 11 is 0. The second-order valence-corrected chi connectivity index (χ2v) is 4.36. The first-order valence-corrected chi connectivity index (χ1v) is 6.19. The van der Waals surface area contributed by atoms with E-state index in [1.165, 1.54) is 4.90 Å². The molecule has 0 radical (unpaired) electrons. The monoisotopic (exact) mass is 301 g/mol. The number of rotatable bonds is 4. The summed E-state index contributed by atoms with van der Waals surface area (Å²) in [6.45, 7) is 1.07. The number of halogens is 2.